The van der Waals surface area contributed by atoms with Gasteiger partial charge in [-0.3, -0.25) is 0 Å². The molecule has 104 valence electrons. The number of benzene rings is 1. The molecule has 0 fully saturated rings. The van der Waals surface area contributed by atoms with Crippen LogP contribution in [-0.4, -0.2) is 50.4 Å². The summed E-state index contributed by atoms with van der Waals surface area (Å²) in [5.41, 5.74) is 1.49. The number of fused-ring (bicyclic) bond motifs is 1. The first-order chi connectivity index (χ1) is 9.20. The monoisotopic (exact) mass is 266 g/mol. The third-order valence-corrected chi connectivity index (χ3v) is 2.90. The van der Waals surface area contributed by atoms with Crippen molar-refractivity contribution in [2.45, 2.75) is 0 Å². The number of aromatic amines is 1. The number of rotatable bonds is 7. The number of ether oxygens (including phenoxy) is 1. The predicted molar refractivity (Wildman–Crippen MR) is 74.1 cm³/mol. The molecule has 0 unspecified atom stereocenters. The van der Waals surface area contributed by atoms with Gasteiger partial charge < -0.3 is 19.9 Å². The van der Waals surface area contributed by atoms with E-state index in [2.05, 4.69) is 15.3 Å². The molecule has 1 aromatic carbocycles. The fourth-order valence-electron chi connectivity index (χ4n) is 1.80. The average Bonchev–Trinajstić information content (AvgIpc) is 2.81. The fraction of sp³-hybridized carbons (Fsp3) is 0.462. The number of halogens is 1. The molecular formula is C13H19FN4O. The SMILES string of the molecule is COCCNCCN(C)c1nc2ccc(F)cc2[nH]1. The minimum Gasteiger partial charge on any atom is -0.383 e. The maximum Gasteiger partial charge on any atom is 0.203 e. The van der Waals surface area contributed by atoms with Gasteiger partial charge in [0.15, 0.2) is 0 Å². The Kier molecular flexibility index (Phi) is 4.70. The quantitative estimate of drug-likeness (QED) is 0.743. The average molecular weight is 266 g/mol. The molecule has 0 spiro atoms. The summed E-state index contributed by atoms with van der Waals surface area (Å²) >= 11 is 0. The minimum absolute atomic E-state index is 0.258. The van der Waals surface area contributed by atoms with Gasteiger partial charge in [0.25, 0.3) is 0 Å². The van der Waals surface area contributed by atoms with Crippen molar-refractivity contribution in [1.29, 1.82) is 0 Å². The zero-order chi connectivity index (χ0) is 13.7. The third-order valence-electron chi connectivity index (χ3n) is 2.90. The number of nitrogens with zero attached hydrogens (tertiary/aromatic N) is 2. The largest absolute Gasteiger partial charge is 0.383 e. The van der Waals surface area contributed by atoms with Gasteiger partial charge in [-0.15, -0.1) is 0 Å². The van der Waals surface area contributed by atoms with Gasteiger partial charge >= 0.3 is 0 Å². The first-order valence-electron chi connectivity index (χ1n) is 6.27. The van der Waals surface area contributed by atoms with Crippen LogP contribution < -0.4 is 10.2 Å². The smallest absolute Gasteiger partial charge is 0.203 e. The maximum atomic E-state index is 13.1. The van der Waals surface area contributed by atoms with Gasteiger partial charge in [-0.1, -0.05) is 0 Å². The predicted octanol–water partition coefficient (Wildman–Crippen LogP) is 1.37. The number of anilines is 1. The Balaban J connectivity index is 1.91. The fourth-order valence-corrected chi connectivity index (χ4v) is 1.80. The normalized spacial score (nSPS) is 11.1. The number of hydrogen-bond acceptors (Lipinski definition) is 4. The van der Waals surface area contributed by atoms with Crippen molar-refractivity contribution in [2.75, 3.05) is 45.3 Å². The molecule has 2 N–H and O–H groups in total. The topological polar surface area (TPSA) is 53.2 Å². The van der Waals surface area contributed by atoms with E-state index in [0.29, 0.717) is 12.1 Å². The van der Waals surface area contributed by atoms with Crippen LogP contribution in [-0.2, 0) is 4.74 Å². The molecule has 6 heteroatoms. The Bertz CT molecular complexity index is 528. The highest BCUT2D eigenvalue weighted by Crippen LogP contribution is 2.17. The van der Waals surface area contributed by atoms with Crippen LogP contribution in [0, 0.1) is 5.82 Å². The lowest BCUT2D eigenvalue weighted by atomic mass is 10.3. The molecule has 0 aliphatic carbocycles. The van der Waals surface area contributed by atoms with Crippen LogP contribution in [0.4, 0.5) is 10.3 Å². The molecule has 5 nitrogen and oxygen atoms in total. The van der Waals surface area contributed by atoms with E-state index in [1.54, 1.807) is 13.2 Å². The second kappa shape index (κ2) is 6.49. The third kappa shape index (κ3) is 3.65. The van der Waals surface area contributed by atoms with Gasteiger partial charge in [0.1, 0.15) is 5.82 Å². The van der Waals surface area contributed by atoms with Crippen LogP contribution in [0.25, 0.3) is 11.0 Å². The van der Waals surface area contributed by atoms with Crippen molar-refractivity contribution in [2.24, 2.45) is 0 Å². The summed E-state index contributed by atoms with van der Waals surface area (Å²) in [5, 5.41) is 3.26. The summed E-state index contributed by atoms with van der Waals surface area (Å²) in [7, 11) is 3.63. The molecule has 0 aliphatic rings. The van der Waals surface area contributed by atoms with Crippen molar-refractivity contribution in [1.82, 2.24) is 15.3 Å². The number of nitrogens with one attached hydrogen (secondary N) is 2. The Morgan fingerprint density at radius 2 is 2.26 bits per heavy atom. The molecule has 2 aromatic rings. The molecule has 0 saturated heterocycles. The van der Waals surface area contributed by atoms with E-state index >= 15 is 0 Å². The Morgan fingerprint density at radius 1 is 1.42 bits per heavy atom. The highest BCUT2D eigenvalue weighted by Gasteiger charge is 2.07. The summed E-state index contributed by atoms with van der Waals surface area (Å²) in [6.45, 7) is 3.18. The van der Waals surface area contributed by atoms with Crippen molar-refractivity contribution < 1.29 is 9.13 Å². The van der Waals surface area contributed by atoms with E-state index in [1.807, 2.05) is 11.9 Å². The molecule has 0 atom stereocenters. The van der Waals surface area contributed by atoms with E-state index < -0.39 is 0 Å². The van der Waals surface area contributed by atoms with Crippen LogP contribution in [0.5, 0.6) is 0 Å². The number of imidazole rings is 1. The molecule has 2 rings (SSSR count). The highest BCUT2D eigenvalue weighted by molar-refractivity contribution is 5.77. The summed E-state index contributed by atoms with van der Waals surface area (Å²) in [6.07, 6.45) is 0. The number of methoxy groups -OCH3 is 1. The van der Waals surface area contributed by atoms with Crippen LogP contribution >= 0.6 is 0 Å². The molecule has 0 bridgehead atoms. The Hall–Kier alpha value is -1.66. The molecule has 0 radical (unpaired) electrons. The molecule has 0 saturated carbocycles. The van der Waals surface area contributed by atoms with Crippen molar-refractivity contribution in [3.8, 4) is 0 Å². The lowest BCUT2D eigenvalue weighted by Crippen LogP contribution is -2.31. The zero-order valence-electron chi connectivity index (χ0n) is 11.2. The van der Waals surface area contributed by atoms with Crippen LogP contribution in [0.3, 0.4) is 0 Å². The van der Waals surface area contributed by atoms with E-state index in [4.69, 9.17) is 4.74 Å². The highest BCUT2D eigenvalue weighted by atomic mass is 19.1. The molecular weight excluding hydrogens is 247 g/mol. The Labute approximate surface area is 111 Å². The molecule has 19 heavy (non-hydrogen) atoms. The minimum atomic E-state index is -0.258. The van der Waals surface area contributed by atoms with E-state index in [-0.39, 0.29) is 5.82 Å². The first kappa shape index (κ1) is 13.8. The second-order valence-corrected chi connectivity index (χ2v) is 4.39. The van der Waals surface area contributed by atoms with Crippen molar-refractivity contribution >= 4 is 17.0 Å². The van der Waals surface area contributed by atoms with Crippen molar-refractivity contribution in [3.63, 3.8) is 0 Å². The van der Waals surface area contributed by atoms with Gasteiger partial charge in [0.2, 0.25) is 5.95 Å². The number of aromatic nitrogens is 2. The van der Waals surface area contributed by atoms with Crippen LogP contribution in [0.2, 0.25) is 0 Å². The van der Waals surface area contributed by atoms with Gasteiger partial charge in [-0.05, 0) is 18.2 Å². The summed E-state index contributed by atoms with van der Waals surface area (Å²) in [5.74, 6) is 0.487. The molecule has 0 aliphatic heterocycles. The molecule has 0 amide bonds. The van der Waals surface area contributed by atoms with E-state index in [0.717, 1.165) is 31.1 Å². The van der Waals surface area contributed by atoms with E-state index in [9.17, 15) is 4.39 Å². The lowest BCUT2D eigenvalue weighted by Gasteiger charge is -2.15. The standard InChI is InChI=1S/C13H19FN4O/c1-18(7-5-15-6-8-19-2)13-16-11-4-3-10(14)9-12(11)17-13/h3-4,9,15H,5-8H2,1-2H3,(H,16,17). The Morgan fingerprint density at radius 3 is 3.05 bits per heavy atom. The molecule has 1 heterocycles. The zero-order valence-corrected chi connectivity index (χ0v) is 11.2. The first-order valence-corrected chi connectivity index (χ1v) is 6.27. The summed E-state index contributed by atoms with van der Waals surface area (Å²) in [4.78, 5) is 9.53. The van der Waals surface area contributed by atoms with Crippen LogP contribution in [0.1, 0.15) is 0 Å². The molecule has 1 aromatic heterocycles. The van der Waals surface area contributed by atoms with E-state index in [1.165, 1.54) is 12.1 Å². The summed E-state index contributed by atoms with van der Waals surface area (Å²) in [6, 6.07) is 4.55. The number of hydrogen-bond donors (Lipinski definition) is 2. The number of likely N-dealkylation sites (N-methyl/N-ethyl adjacent to an activating group) is 1. The van der Waals surface area contributed by atoms with Gasteiger partial charge in [0.05, 0.1) is 17.6 Å². The van der Waals surface area contributed by atoms with Gasteiger partial charge in [-0.25, -0.2) is 9.37 Å². The van der Waals surface area contributed by atoms with Gasteiger partial charge in [0, 0.05) is 33.8 Å². The van der Waals surface area contributed by atoms with Gasteiger partial charge in [-0.2, -0.15) is 0 Å². The second-order valence-electron chi connectivity index (χ2n) is 4.39. The maximum absolute atomic E-state index is 13.1. The van der Waals surface area contributed by atoms with Crippen molar-refractivity contribution in [3.05, 3.63) is 24.0 Å². The lowest BCUT2D eigenvalue weighted by molar-refractivity contribution is 0.200. The van der Waals surface area contributed by atoms with Crippen LogP contribution in [0.15, 0.2) is 18.2 Å². The number of H-pyrrole nitrogens is 1. The summed E-state index contributed by atoms with van der Waals surface area (Å²) < 4.78 is 18.0.